The van der Waals surface area contributed by atoms with Crippen molar-refractivity contribution in [2.24, 2.45) is 0 Å². The minimum atomic E-state index is -5.50. The van der Waals surface area contributed by atoms with E-state index in [0.717, 1.165) is 18.2 Å². The average Bonchev–Trinajstić information content (AvgIpc) is 2.79. The van der Waals surface area contributed by atoms with Gasteiger partial charge >= 0.3 is 5.97 Å². The molecule has 0 aliphatic carbocycles. The second-order valence-corrected chi connectivity index (χ2v) is 28.1. The van der Waals surface area contributed by atoms with Crippen LogP contribution in [-0.2, 0) is 90.5 Å². The maximum atomic E-state index is 12.8. The highest BCUT2D eigenvalue weighted by atomic mass is 32.2. The van der Waals surface area contributed by atoms with Crippen molar-refractivity contribution in [2.75, 3.05) is 69.6 Å². The Labute approximate surface area is 470 Å². The van der Waals surface area contributed by atoms with Gasteiger partial charge in [-0.15, -0.1) is 0 Å². The van der Waals surface area contributed by atoms with Crippen LogP contribution in [0.5, 0.6) is 0 Å². The normalized spacial score (nSPS) is 18.8. The molecule has 2 unspecified atom stereocenters. The molecule has 0 amide bonds. The first-order valence-corrected chi connectivity index (χ1v) is 33.6. The summed E-state index contributed by atoms with van der Waals surface area (Å²) in [6.45, 7) is 4.08. The Kier molecular flexibility index (Phi) is 20.4. The summed E-state index contributed by atoms with van der Waals surface area (Å²) in [4.78, 5) is 9.10. The van der Waals surface area contributed by atoms with Gasteiger partial charge < -0.3 is 47.0 Å². The van der Waals surface area contributed by atoms with Crippen molar-refractivity contribution in [1.29, 1.82) is 0 Å². The molecule has 2 atom stereocenters. The Morgan fingerprint density at radius 3 is 1.73 bits per heavy atom. The lowest BCUT2D eigenvalue weighted by Gasteiger charge is -2.31. The summed E-state index contributed by atoms with van der Waals surface area (Å²) in [6, 6.07) is 8.10. The average molecular weight is 1250 g/mol. The van der Waals surface area contributed by atoms with E-state index >= 15 is 0 Å². The fraction of sp³-hybridized carbons (Fsp3) is 0.440. The van der Waals surface area contributed by atoms with E-state index < -0.39 is 109 Å². The van der Waals surface area contributed by atoms with Crippen molar-refractivity contribution < 1.29 is 107 Å². The summed E-state index contributed by atoms with van der Waals surface area (Å²) in [5.74, 6) is -2.71. The fourth-order valence-corrected chi connectivity index (χ4v) is 14.1. The molecule has 2 heterocycles. The van der Waals surface area contributed by atoms with E-state index in [9.17, 15) is 87.7 Å². The molecule has 0 saturated carbocycles. The Bertz CT molecular complexity index is 3930. The third-order valence-corrected chi connectivity index (χ3v) is 19.0. The predicted molar refractivity (Wildman–Crippen MR) is 287 cm³/mol. The van der Waals surface area contributed by atoms with Gasteiger partial charge in [-0.3, -0.25) is 9.35 Å². The van der Waals surface area contributed by atoms with Gasteiger partial charge in [-0.2, -0.15) is 13.0 Å². The highest BCUT2D eigenvalue weighted by Crippen LogP contribution is 2.54. The van der Waals surface area contributed by atoms with Gasteiger partial charge in [0.1, 0.15) is 47.0 Å². The Morgan fingerprint density at radius 2 is 1.19 bits per heavy atom. The molecular weight excluding hydrogens is 1190 g/mol. The van der Waals surface area contributed by atoms with Gasteiger partial charge in [0.15, 0.2) is 5.71 Å². The number of anilines is 1. The molecule has 81 heavy (non-hydrogen) atoms. The van der Waals surface area contributed by atoms with Crippen molar-refractivity contribution in [2.45, 2.75) is 95.6 Å². The van der Waals surface area contributed by atoms with Crippen molar-refractivity contribution in [3.8, 4) is 0 Å². The second-order valence-electron chi connectivity index (χ2n) is 19.6. The highest BCUT2D eigenvalue weighted by Gasteiger charge is 2.49. The molecule has 4 aromatic carbocycles. The van der Waals surface area contributed by atoms with Gasteiger partial charge in [-0.25, -0.2) is 42.1 Å². The maximum absolute atomic E-state index is 12.8. The van der Waals surface area contributed by atoms with E-state index in [0.29, 0.717) is 54.9 Å². The van der Waals surface area contributed by atoms with E-state index in [-0.39, 0.29) is 110 Å². The molecule has 2 aliphatic heterocycles. The predicted octanol–water partition coefficient (Wildman–Crippen LogP) is 4.06. The smallest absolute Gasteiger partial charge is 0.303 e. The molecular formula is C50H58N2O23S6-4. The van der Waals surface area contributed by atoms with E-state index in [1.54, 1.807) is 19.1 Å². The quantitative estimate of drug-likeness (QED) is 0.0322. The van der Waals surface area contributed by atoms with Crippen LogP contribution in [-0.4, -0.2) is 164 Å². The van der Waals surface area contributed by atoms with Gasteiger partial charge in [0.2, 0.25) is 5.69 Å². The van der Waals surface area contributed by atoms with Gasteiger partial charge in [0.05, 0.1) is 67.3 Å². The van der Waals surface area contributed by atoms with E-state index in [4.69, 9.17) is 14.2 Å². The lowest BCUT2D eigenvalue weighted by atomic mass is 9.74. The number of benzene rings is 4. The zero-order chi connectivity index (χ0) is 60.1. The number of ether oxygens (including phenoxy) is 3. The summed E-state index contributed by atoms with van der Waals surface area (Å²) in [6.07, 6.45) is 7.83. The Morgan fingerprint density at radius 1 is 0.617 bits per heavy atom. The molecule has 31 heteroatoms. The molecule has 6 rings (SSSR count). The number of carboxylic acids is 1. The summed E-state index contributed by atoms with van der Waals surface area (Å²) < 4.78 is 239. The number of carbonyl (C=O) groups is 1. The second kappa shape index (κ2) is 25.4. The third kappa shape index (κ3) is 15.8. The summed E-state index contributed by atoms with van der Waals surface area (Å²) >= 11 is 0. The number of allylic oxidation sites excluding steroid dienone is 6. The van der Waals surface area contributed by atoms with Crippen LogP contribution in [0.25, 0.3) is 21.5 Å². The Hall–Kier alpha value is -5.10. The number of unbranched alkanes of at least 4 members (excludes halogenated alkanes) is 2. The Balaban J connectivity index is 1.57. The van der Waals surface area contributed by atoms with Crippen LogP contribution in [0.3, 0.4) is 0 Å². The lowest BCUT2D eigenvalue weighted by molar-refractivity contribution is -0.437. The van der Waals surface area contributed by atoms with Crippen LogP contribution < -0.4 is 4.90 Å². The van der Waals surface area contributed by atoms with Crippen LogP contribution in [0.4, 0.5) is 11.4 Å². The molecule has 4 aromatic rings. The van der Waals surface area contributed by atoms with Crippen molar-refractivity contribution in [3.05, 3.63) is 95.7 Å². The number of hydrogen-bond donors (Lipinski definition) is 2. The summed E-state index contributed by atoms with van der Waals surface area (Å²) in [7, 11) is -29.7. The molecule has 0 spiro atoms. The van der Waals surface area contributed by atoms with Crippen molar-refractivity contribution in [1.82, 2.24) is 0 Å². The zero-order valence-electron chi connectivity index (χ0n) is 43.8. The molecule has 0 radical (unpaired) electrons. The van der Waals surface area contributed by atoms with E-state index in [1.165, 1.54) is 55.0 Å². The molecule has 25 nitrogen and oxygen atoms in total. The van der Waals surface area contributed by atoms with Crippen LogP contribution in [0.2, 0.25) is 0 Å². The largest absolute Gasteiger partial charge is 0.748 e. The summed E-state index contributed by atoms with van der Waals surface area (Å²) in [5.41, 5.74) is -1.23. The van der Waals surface area contributed by atoms with E-state index in [2.05, 4.69) is 0 Å². The van der Waals surface area contributed by atoms with E-state index in [1.807, 2.05) is 4.90 Å². The first-order valence-electron chi connectivity index (χ1n) is 24.8. The molecule has 0 saturated heterocycles. The molecule has 0 fully saturated rings. The molecule has 446 valence electrons. The lowest BCUT2D eigenvalue weighted by Crippen LogP contribution is -2.32. The summed E-state index contributed by atoms with van der Waals surface area (Å²) in [5, 5.41) is 8.51. The van der Waals surface area contributed by atoms with Crippen molar-refractivity contribution in [3.63, 3.8) is 0 Å². The number of aliphatic carboxylic acids is 1. The topological polar surface area (TPSA) is 412 Å². The number of carboxylic acid groups (broad SMARTS) is 1. The monoisotopic (exact) mass is 1250 g/mol. The molecule has 2 aliphatic rings. The van der Waals surface area contributed by atoms with Gasteiger partial charge in [-0.05, 0) is 110 Å². The van der Waals surface area contributed by atoms with Crippen LogP contribution in [0.15, 0.2) is 104 Å². The zero-order valence-corrected chi connectivity index (χ0v) is 48.7. The molecule has 0 bridgehead atoms. The maximum Gasteiger partial charge on any atom is 0.303 e. The van der Waals surface area contributed by atoms with Crippen LogP contribution in [0.1, 0.15) is 76.3 Å². The van der Waals surface area contributed by atoms with Crippen molar-refractivity contribution >= 4 is 105 Å². The fourth-order valence-electron chi connectivity index (χ4n) is 10.5. The number of nitrogens with zero attached hydrogens (tertiary/aromatic N) is 2. The molecule has 2 N–H and O–H groups in total. The standard InChI is InChI=1S/C50H62N2O23S6/c1-49(19-10-28-76(55,56)57)44(52(22-11-29-77(58,59)60)40-17-15-36-38(47(40)49)30-34(78(61,62)63)32-42(36)80(67,68)69)12-6-4-7-13-45-50(2,20-23-74-26-27-75-25-24-73-3)48-39-31-35(79(64,65)66)33-43(81(70,71)72)37(39)16-18-41(48)51(45)21-9-5-8-14-46(53)54/h4,6-7,12-13,15-18,30-33H,5,8-11,14,19-29H2,1-3H3,(H6-,53,54,55,56,57,58,59,60,61,62,63,64,65,66,67,68,69,70,71,72)/p-4. The number of hydrogen-bond acceptors (Lipinski definition) is 22. The van der Waals surface area contributed by atoms with Crippen LogP contribution in [0, 0.1) is 0 Å². The number of rotatable bonds is 30. The van der Waals surface area contributed by atoms with Gasteiger partial charge in [0.25, 0.3) is 10.1 Å². The molecule has 0 aromatic heterocycles. The minimum absolute atomic E-state index is 0.00266. The SMILES string of the molecule is COCCOCCOCCC1(C)\C(=C/C=C/C=C/C2=[N+](CCCS(=O)(=O)O)c3ccc4c(S(=O)(=O)[O-])cc(S(=O)(=O)[O-])cc4c3C2(C)CCCS(=O)(=O)[O-])N(CCCCCC(=O)O)c2ccc3c(S(=O)(=O)[O-])cc(S(=O)(=O)[O-])cc3c21. The third-order valence-electron chi connectivity index (χ3n) is 14.0. The minimum Gasteiger partial charge on any atom is -0.748 e. The van der Waals surface area contributed by atoms with Crippen LogP contribution >= 0.6 is 0 Å². The number of fused-ring (bicyclic) bond motifs is 6. The highest BCUT2D eigenvalue weighted by molar-refractivity contribution is 7.87. The number of methoxy groups -OCH3 is 1. The van der Waals surface area contributed by atoms with Gasteiger partial charge in [0, 0.05) is 78.7 Å². The first kappa shape index (κ1) is 65.1. The first-order chi connectivity index (χ1) is 37.5. The van der Waals surface area contributed by atoms with Gasteiger partial charge in [-0.1, -0.05) is 30.7 Å².